The molecule has 33 heavy (non-hydrogen) atoms. The van der Waals surface area contributed by atoms with E-state index in [9.17, 15) is 4.79 Å². The summed E-state index contributed by atoms with van der Waals surface area (Å²) in [6, 6.07) is 11.6. The van der Waals surface area contributed by atoms with Gasteiger partial charge in [0.1, 0.15) is 0 Å². The lowest BCUT2D eigenvalue weighted by Crippen LogP contribution is -2.36. The van der Waals surface area contributed by atoms with Gasteiger partial charge >= 0.3 is 0 Å². The zero-order valence-electron chi connectivity index (χ0n) is 18.8. The van der Waals surface area contributed by atoms with E-state index in [2.05, 4.69) is 22.0 Å². The van der Waals surface area contributed by atoms with Crippen molar-refractivity contribution in [3.8, 4) is 11.5 Å². The van der Waals surface area contributed by atoms with Crippen LogP contribution in [0.3, 0.4) is 0 Å². The first kappa shape index (κ1) is 23.5. The number of amides is 1. The van der Waals surface area contributed by atoms with Crippen LogP contribution in [0.4, 0.5) is 11.4 Å². The van der Waals surface area contributed by atoms with Crippen LogP contribution < -0.4 is 14.4 Å². The highest BCUT2D eigenvalue weighted by atomic mass is 35.5. The maximum absolute atomic E-state index is 12.8. The third-order valence-corrected chi connectivity index (χ3v) is 6.63. The number of aliphatic imine (C=N–C) groups is 1. The Bertz CT molecular complexity index is 1080. The first-order valence-corrected chi connectivity index (χ1v) is 11.9. The number of carbonyl (C=O) groups excluding carboxylic acids is 1. The van der Waals surface area contributed by atoms with E-state index in [4.69, 9.17) is 25.8 Å². The van der Waals surface area contributed by atoms with Gasteiger partial charge in [0.15, 0.2) is 16.7 Å². The SMILES string of the molecule is CCOc1c(Cl)cc(/C=C2\SC(=Nc3ccc(N4CCOCC4)cc3)N(C)C2=O)cc1OC. The molecule has 4 rings (SSSR count). The number of hydrogen-bond acceptors (Lipinski definition) is 7. The van der Waals surface area contributed by atoms with Crippen molar-refractivity contribution in [2.45, 2.75) is 6.92 Å². The van der Waals surface area contributed by atoms with Crippen LogP contribution in [0.2, 0.25) is 5.02 Å². The summed E-state index contributed by atoms with van der Waals surface area (Å²) in [6.07, 6.45) is 1.79. The highest BCUT2D eigenvalue weighted by molar-refractivity contribution is 8.18. The number of halogens is 1. The van der Waals surface area contributed by atoms with Gasteiger partial charge in [-0.2, -0.15) is 0 Å². The van der Waals surface area contributed by atoms with Crippen LogP contribution in [0.1, 0.15) is 12.5 Å². The van der Waals surface area contributed by atoms with E-state index in [0.29, 0.717) is 33.2 Å². The summed E-state index contributed by atoms with van der Waals surface area (Å²) in [6.45, 7) is 5.61. The van der Waals surface area contributed by atoms with Gasteiger partial charge in [-0.05, 0) is 66.7 Å². The zero-order valence-corrected chi connectivity index (χ0v) is 20.4. The molecule has 0 radical (unpaired) electrons. The number of methoxy groups -OCH3 is 1. The van der Waals surface area contributed by atoms with Gasteiger partial charge in [-0.25, -0.2) is 4.99 Å². The molecule has 0 N–H and O–H groups in total. The minimum absolute atomic E-state index is 0.118. The molecular formula is C24H26ClN3O4S. The van der Waals surface area contributed by atoms with E-state index in [1.807, 2.05) is 19.1 Å². The number of nitrogens with zero attached hydrogens (tertiary/aromatic N) is 3. The number of hydrogen-bond donors (Lipinski definition) is 0. The van der Waals surface area contributed by atoms with Gasteiger partial charge in [0, 0.05) is 25.8 Å². The minimum atomic E-state index is -0.118. The van der Waals surface area contributed by atoms with Gasteiger partial charge in [-0.1, -0.05) is 11.6 Å². The van der Waals surface area contributed by atoms with Crippen molar-refractivity contribution in [1.82, 2.24) is 4.90 Å². The first-order valence-electron chi connectivity index (χ1n) is 10.7. The van der Waals surface area contributed by atoms with Crippen LogP contribution in [-0.4, -0.2) is 63.0 Å². The van der Waals surface area contributed by atoms with Gasteiger partial charge in [0.25, 0.3) is 5.91 Å². The molecule has 2 aliphatic rings. The maximum atomic E-state index is 12.8. The molecule has 2 fully saturated rings. The number of thioether (sulfide) groups is 1. The Hall–Kier alpha value is -2.68. The number of ether oxygens (including phenoxy) is 3. The summed E-state index contributed by atoms with van der Waals surface area (Å²) in [5, 5.41) is 1.05. The number of likely N-dealkylation sites (N-methyl/N-ethyl adjacent to an activating group) is 1. The fraction of sp³-hybridized carbons (Fsp3) is 0.333. The van der Waals surface area contributed by atoms with Crippen molar-refractivity contribution in [2.75, 3.05) is 52.0 Å². The summed E-state index contributed by atoms with van der Waals surface area (Å²) in [7, 11) is 3.28. The number of anilines is 1. The van der Waals surface area contributed by atoms with Gasteiger partial charge in [-0.3, -0.25) is 9.69 Å². The molecule has 2 aliphatic heterocycles. The van der Waals surface area contributed by atoms with Crippen LogP contribution >= 0.6 is 23.4 Å². The van der Waals surface area contributed by atoms with Crippen LogP contribution in [0.5, 0.6) is 11.5 Å². The number of morpholine rings is 1. The molecule has 1 amide bonds. The predicted molar refractivity (Wildman–Crippen MR) is 134 cm³/mol. The monoisotopic (exact) mass is 487 g/mol. The molecule has 0 bridgehead atoms. The van der Waals surface area contributed by atoms with Gasteiger partial charge in [0.2, 0.25) is 0 Å². The van der Waals surface area contributed by atoms with Crippen molar-refractivity contribution in [3.63, 3.8) is 0 Å². The Labute approximate surface area is 203 Å². The lowest BCUT2D eigenvalue weighted by atomic mass is 10.2. The third kappa shape index (κ3) is 5.29. The Kier molecular flexibility index (Phi) is 7.47. The second-order valence-electron chi connectivity index (χ2n) is 7.45. The fourth-order valence-corrected chi connectivity index (χ4v) is 4.84. The molecule has 2 aromatic carbocycles. The van der Waals surface area contributed by atoms with Crippen molar-refractivity contribution in [2.24, 2.45) is 4.99 Å². The number of rotatable bonds is 6. The molecule has 7 nitrogen and oxygen atoms in total. The average Bonchev–Trinajstić information content (AvgIpc) is 3.09. The maximum Gasteiger partial charge on any atom is 0.266 e. The zero-order chi connectivity index (χ0) is 23.4. The van der Waals surface area contributed by atoms with Crippen LogP contribution in [0, 0.1) is 0 Å². The van der Waals surface area contributed by atoms with Crippen LogP contribution in [0.25, 0.3) is 6.08 Å². The second kappa shape index (κ2) is 10.5. The van der Waals surface area contributed by atoms with Gasteiger partial charge in [0.05, 0.1) is 42.5 Å². The van der Waals surface area contributed by atoms with Crippen LogP contribution in [-0.2, 0) is 9.53 Å². The summed E-state index contributed by atoms with van der Waals surface area (Å²) in [5.74, 6) is 0.899. The molecule has 0 aromatic heterocycles. The van der Waals surface area contributed by atoms with Gasteiger partial charge < -0.3 is 19.1 Å². The predicted octanol–water partition coefficient (Wildman–Crippen LogP) is 4.82. The molecule has 2 aromatic rings. The number of benzene rings is 2. The smallest absolute Gasteiger partial charge is 0.266 e. The van der Waals surface area contributed by atoms with Crippen LogP contribution in [0.15, 0.2) is 46.3 Å². The molecule has 0 atom stereocenters. The summed E-state index contributed by atoms with van der Waals surface area (Å²) in [4.78, 5) is 21.9. The standard InChI is InChI=1S/C24H26ClN3O4S/c1-4-32-22-19(25)13-16(14-20(22)30-3)15-21-23(29)27(2)24(33-21)26-17-5-7-18(8-6-17)28-9-11-31-12-10-28/h5-8,13-15H,4,9-12H2,1-3H3/b21-15-,26-24?. The van der Waals surface area contributed by atoms with E-state index in [1.165, 1.54) is 11.8 Å². The molecule has 174 valence electrons. The summed E-state index contributed by atoms with van der Waals surface area (Å²) >= 11 is 7.70. The molecule has 0 spiro atoms. The fourth-order valence-electron chi connectivity index (χ4n) is 3.58. The highest BCUT2D eigenvalue weighted by Crippen LogP contribution is 2.39. The molecule has 9 heteroatoms. The minimum Gasteiger partial charge on any atom is -0.493 e. The van der Waals surface area contributed by atoms with Gasteiger partial charge in [-0.15, -0.1) is 0 Å². The second-order valence-corrected chi connectivity index (χ2v) is 8.87. The molecule has 2 heterocycles. The quantitative estimate of drug-likeness (QED) is 0.544. The number of amidine groups is 1. The third-order valence-electron chi connectivity index (χ3n) is 5.29. The Morgan fingerprint density at radius 2 is 1.94 bits per heavy atom. The first-order chi connectivity index (χ1) is 16.0. The summed E-state index contributed by atoms with van der Waals surface area (Å²) < 4.78 is 16.4. The molecule has 0 aliphatic carbocycles. The Morgan fingerprint density at radius 1 is 1.21 bits per heavy atom. The summed E-state index contributed by atoms with van der Waals surface area (Å²) in [5.41, 5.74) is 2.69. The Morgan fingerprint density at radius 3 is 2.61 bits per heavy atom. The van der Waals surface area contributed by atoms with E-state index < -0.39 is 0 Å². The normalized spacial score (nSPS) is 19.0. The van der Waals surface area contributed by atoms with E-state index >= 15 is 0 Å². The van der Waals surface area contributed by atoms with E-state index in [-0.39, 0.29) is 5.91 Å². The molecule has 0 unspecified atom stereocenters. The average molecular weight is 488 g/mol. The van der Waals surface area contributed by atoms with E-state index in [1.54, 1.807) is 37.3 Å². The Balaban J connectivity index is 1.54. The van der Waals surface area contributed by atoms with Crippen molar-refractivity contribution >= 4 is 51.9 Å². The topological polar surface area (TPSA) is 63.6 Å². The van der Waals surface area contributed by atoms with Crippen molar-refractivity contribution < 1.29 is 19.0 Å². The lowest BCUT2D eigenvalue weighted by Gasteiger charge is -2.28. The lowest BCUT2D eigenvalue weighted by molar-refractivity contribution is -0.121. The molecule has 0 saturated carbocycles. The van der Waals surface area contributed by atoms with E-state index in [0.717, 1.165) is 43.2 Å². The van der Waals surface area contributed by atoms with Crippen molar-refractivity contribution in [1.29, 1.82) is 0 Å². The largest absolute Gasteiger partial charge is 0.493 e. The number of carbonyl (C=O) groups is 1. The van der Waals surface area contributed by atoms with Crippen molar-refractivity contribution in [3.05, 3.63) is 51.9 Å². The molecular weight excluding hydrogens is 462 g/mol. The highest BCUT2D eigenvalue weighted by Gasteiger charge is 2.30. The molecule has 2 saturated heterocycles.